The van der Waals surface area contributed by atoms with E-state index in [2.05, 4.69) is 15.6 Å². The minimum absolute atomic E-state index is 0.142. The van der Waals surface area contributed by atoms with Crippen LogP contribution in [0.2, 0.25) is 0 Å². The van der Waals surface area contributed by atoms with Gasteiger partial charge in [0.15, 0.2) is 0 Å². The number of anilines is 5. The van der Waals surface area contributed by atoms with E-state index < -0.39 is 0 Å². The van der Waals surface area contributed by atoms with Crippen molar-refractivity contribution < 1.29 is 9.18 Å². The lowest BCUT2D eigenvalue weighted by Gasteiger charge is -2.19. The molecule has 1 amide bonds. The molecule has 5 aromatic rings. The molecule has 5 rings (SSSR count). The highest BCUT2D eigenvalue weighted by Crippen LogP contribution is 2.27. The number of amides is 1. The third-order valence-electron chi connectivity index (χ3n) is 5.69. The fourth-order valence-electron chi connectivity index (χ4n) is 3.90. The van der Waals surface area contributed by atoms with Crippen molar-refractivity contribution in [3.63, 3.8) is 0 Å². The number of hydrogen-bond acceptors (Lipinski definition) is 4. The van der Waals surface area contributed by atoms with E-state index in [1.807, 2.05) is 66.7 Å². The summed E-state index contributed by atoms with van der Waals surface area (Å²) in [5.41, 5.74) is 5.29. The Morgan fingerprint density at radius 3 is 2.34 bits per heavy atom. The smallest absolute Gasteiger partial charge is 0.258 e. The highest BCUT2D eigenvalue weighted by atomic mass is 19.1. The number of nitrogens with one attached hydrogen (secondary N) is 2. The average Bonchev–Trinajstić information content (AvgIpc) is 2.89. The number of halogens is 1. The van der Waals surface area contributed by atoms with Gasteiger partial charge in [0.05, 0.1) is 5.52 Å². The molecule has 6 heteroatoms. The van der Waals surface area contributed by atoms with E-state index in [0.717, 1.165) is 22.7 Å². The van der Waals surface area contributed by atoms with Gasteiger partial charge in [-0.15, -0.1) is 0 Å². The fourth-order valence-corrected chi connectivity index (χ4v) is 3.90. The van der Waals surface area contributed by atoms with E-state index in [1.54, 1.807) is 42.4 Å². The van der Waals surface area contributed by atoms with Crippen LogP contribution in [0.5, 0.6) is 0 Å². The van der Waals surface area contributed by atoms with Gasteiger partial charge in [-0.25, -0.2) is 4.39 Å². The second kappa shape index (κ2) is 9.65. The van der Waals surface area contributed by atoms with Gasteiger partial charge in [-0.2, -0.15) is 0 Å². The van der Waals surface area contributed by atoms with Crippen molar-refractivity contribution in [3.8, 4) is 0 Å². The Labute approximate surface area is 202 Å². The van der Waals surface area contributed by atoms with Gasteiger partial charge in [0.25, 0.3) is 5.91 Å². The van der Waals surface area contributed by atoms with Crippen LogP contribution in [-0.2, 0) is 0 Å². The van der Waals surface area contributed by atoms with E-state index in [-0.39, 0.29) is 11.7 Å². The molecule has 0 aliphatic heterocycles. The molecule has 0 aliphatic rings. The standard InChI is InChI=1S/C29H23FN4O/c1-34(25-12-6-11-24(19-25)32-22-8-3-2-4-9-22)29(35)20-7-5-10-23(17-20)33-28-15-16-31-27-14-13-21(30)18-26(27)28/h2-19,32H,1H3,(H,31,33). The summed E-state index contributed by atoms with van der Waals surface area (Å²) in [5, 5.41) is 7.32. The molecule has 0 bridgehead atoms. The van der Waals surface area contributed by atoms with E-state index >= 15 is 0 Å². The first-order valence-corrected chi connectivity index (χ1v) is 11.2. The van der Waals surface area contributed by atoms with Crippen LogP contribution in [0.25, 0.3) is 10.9 Å². The van der Waals surface area contributed by atoms with Crippen molar-refractivity contribution in [1.82, 2.24) is 4.98 Å². The maximum absolute atomic E-state index is 13.8. The summed E-state index contributed by atoms with van der Waals surface area (Å²) in [6.45, 7) is 0. The van der Waals surface area contributed by atoms with Crippen LogP contribution in [0, 0.1) is 5.82 Å². The van der Waals surface area contributed by atoms with Crippen molar-refractivity contribution in [2.75, 3.05) is 22.6 Å². The summed E-state index contributed by atoms with van der Waals surface area (Å²) in [4.78, 5) is 19.2. The van der Waals surface area contributed by atoms with Gasteiger partial charge in [-0.1, -0.05) is 30.3 Å². The molecule has 0 fully saturated rings. The van der Waals surface area contributed by atoms with Crippen molar-refractivity contribution in [2.24, 2.45) is 0 Å². The summed E-state index contributed by atoms with van der Waals surface area (Å²) in [6, 6.07) is 31.1. The minimum Gasteiger partial charge on any atom is -0.355 e. The van der Waals surface area contributed by atoms with E-state index in [9.17, 15) is 9.18 Å². The molecule has 0 saturated carbocycles. The summed E-state index contributed by atoms with van der Waals surface area (Å²) in [7, 11) is 1.75. The molecule has 2 N–H and O–H groups in total. The number of rotatable bonds is 6. The molecule has 0 aliphatic carbocycles. The fraction of sp³-hybridized carbons (Fsp3) is 0.0345. The van der Waals surface area contributed by atoms with Gasteiger partial charge in [0.1, 0.15) is 5.82 Å². The Morgan fingerprint density at radius 1 is 0.771 bits per heavy atom. The number of nitrogens with zero attached hydrogens (tertiary/aromatic N) is 2. The highest BCUT2D eigenvalue weighted by Gasteiger charge is 2.15. The summed E-state index contributed by atoms with van der Waals surface area (Å²) < 4.78 is 13.8. The van der Waals surface area contributed by atoms with Gasteiger partial charge in [-0.3, -0.25) is 9.78 Å². The minimum atomic E-state index is -0.330. The van der Waals surface area contributed by atoms with Crippen LogP contribution < -0.4 is 15.5 Å². The molecular formula is C29H23FN4O. The predicted octanol–water partition coefficient (Wildman–Crippen LogP) is 7.14. The summed E-state index contributed by atoms with van der Waals surface area (Å²) in [6.07, 6.45) is 1.67. The molecule has 5 nitrogen and oxygen atoms in total. The molecule has 0 unspecified atom stereocenters. The molecule has 35 heavy (non-hydrogen) atoms. The second-order valence-corrected chi connectivity index (χ2v) is 8.13. The largest absolute Gasteiger partial charge is 0.355 e. The first kappa shape index (κ1) is 22.1. The van der Waals surface area contributed by atoms with Crippen LogP contribution in [0.15, 0.2) is 109 Å². The van der Waals surface area contributed by atoms with E-state index in [4.69, 9.17) is 0 Å². The van der Waals surface area contributed by atoms with E-state index in [1.165, 1.54) is 12.1 Å². The third kappa shape index (κ3) is 4.96. The van der Waals surface area contributed by atoms with Crippen LogP contribution in [0.4, 0.5) is 32.8 Å². The lowest BCUT2D eigenvalue weighted by atomic mass is 10.1. The van der Waals surface area contributed by atoms with Crippen molar-refractivity contribution in [1.29, 1.82) is 0 Å². The van der Waals surface area contributed by atoms with Crippen molar-refractivity contribution in [2.45, 2.75) is 0 Å². The first-order chi connectivity index (χ1) is 17.1. The monoisotopic (exact) mass is 462 g/mol. The van der Waals surface area contributed by atoms with Gasteiger partial charge in [0, 0.05) is 52.6 Å². The Balaban J connectivity index is 1.37. The molecule has 0 spiro atoms. The van der Waals surface area contributed by atoms with Crippen molar-refractivity contribution in [3.05, 3.63) is 121 Å². The SMILES string of the molecule is CN(C(=O)c1cccc(Nc2ccnc3ccc(F)cc23)c1)c1cccc(Nc2ccccc2)c1. The number of carbonyl (C=O) groups excluding carboxylic acids is 1. The highest BCUT2D eigenvalue weighted by molar-refractivity contribution is 6.06. The van der Waals surface area contributed by atoms with Gasteiger partial charge in [-0.05, 0) is 72.8 Å². The Bertz CT molecular complexity index is 1500. The Hall–Kier alpha value is -4.71. The summed E-state index contributed by atoms with van der Waals surface area (Å²) >= 11 is 0. The summed E-state index contributed by atoms with van der Waals surface area (Å²) in [5.74, 6) is -0.473. The molecule has 0 radical (unpaired) electrons. The number of aromatic nitrogens is 1. The number of pyridine rings is 1. The van der Waals surface area contributed by atoms with Gasteiger partial charge in [0.2, 0.25) is 0 Å². The lowest BCUT2D eigenvalue weighted by molar-refractivity contribution is 0.0993. The molecule has 172 valence electrons. The number of para-hydroxylation sites is 1. The number of fused-ring (bicyclic) bond motifs is 1. The molecular weight excluding hydrogens is 439 g/mol. The molecule has 0 saturated heterocycles. The van der Waals surface area contributed by atoms with Gasteiger partial charge >= 0.3 is 0 Å². The Kier molecular flexibility index (Phi) is 6.09. The van der Waals surface area contributed by atoms with Crippen LogP contribution >= 0.6 is 0 Å². The third-order valence-corrected chi connectivity index (χ3v) is 5.69. The van der Waals surface area contributed by atoms with E-state index in [0.29, 0.717) is 22.2 Å². The van der Waals surface area contributed by atoms with Crippen molar-refractivity contribution >= 4 is 45.2 Å². The lowest BCUT2D eigenvalue weighted by Crippen LogP contribution is -2.26. The molecule has 1 aromatic heterocycles. The number of hydrogen-bond donors (Lipinski definition) is 2. The zero-order valence-electron chi connectivity index (χ0n) is 19.1. The zero-order chi connectivity index (χ0) is 24.2. The average molecular weight is 463 g/mol. The number of carbonyl (C=O) groups is 1. The second-order valence-electron chi connectivity index (χ2n) is 8.13. The maximum Gasteiger partial charge on any atom is 0.258 e. The van der Waals surface area contributed by atoms with Gasteiger partial charge < -0.3 is 15.5 Å². The van der Waals surface area contributed by atoms with Crippen LogP contribution in [0.3, 0.4) is 0 Å². The van der Waals surface area contributed by atoms with Crippen LogP contribution in [-0.4, -0.2) is 17.9 Å². The quantitative estimate of drug-likeness (QED) is 0.282. The number of benzene rings is 4. The Morgan fingerprint density at radius 2 is 1.51 bits per heavy atom. The topological polar surface area (TPSA) is 57.3 Å². The molecule has 0 atom stereocenters. The molecule has 1 heterocycles. The first-order valence-electron chi connectivity index (χ1n) is 11.2. The van der Waals surface area contributed by atoms with Crippen LogP contribution in [0.1, 0.15) is 10.4 Å². The normalized spacial score (nSPS) is 10.7. The molecule has 4 aromatic carbocycles. The maximum atomic E-state index is 13.8. The zero-order valence-corrected chi connectivity index (χ0v) is 19.1. The predicted molar refractivity (Wildman–Crippen MR) is 140 cm³/mol.